The van der Waals surface area contributed by atoms with Crippen LogP contribution in [0, 0.1) is 5.82 Å². The summed E-state index contributed by atoms with van der Waals surface area (Å²) >= 11 is 6.40. The minimum absolute atomic E-state index is 0.275. The number of aliphatic hydroxyl groups is 1. The van der Waals surface area contributed by atoms with Crippen molar-refractivity contribution in [1.29, 1.82) is 0 Å². The van der Waals surface area contributed by atoms with Crippen LogP contribution in [0.1, 0.15) is 46.4 Å². The molecule has 3 aromatic heterocycles. The van der Waals surface area contributed by atoms with Gasteiger partial charge >= 0.3 is 7.48 Å². The Bertz CT molecular complexity index is 1300. The maximum Gasteiger partial charge on any atom is 0.333 e. The molecule has 3 heterocycles. The van der Waals surface area contributed by atoms with E-state index in [4.69, 9.17) is 16.3 Å². The van der Waals surface area contributed by atoms with Gasteiger partial charge in [-0.15, -0.1) is 5.10 Å². The third-order valence-corrected chi connectivity index (χ3v) is 6.29. The van der Waals surface area contributed by atoms with E-state index in [0.717, 1.165) is 0 Å². The predicted molar refractivity (Wildman–Crippen MR) is 125 cm³/mol. The fraction of sp³-hybridized carbons (Fsp3) is 0.364. The molecule has 4 rings (SSSR count). The molecule has 1 aromatic carbocycles. The summed E-state index contributed by atoms with van der Waals surface area (Å²) < 4.78 is 23.4. The number of halogens is 2. The molecule has 0 saturated heterocycles. The third-order valence-electron chi connectivity index (χ3n) is 6.00. The van der Waals surface area contributed by atoms with Gasteiger partial charge in [0.2, 0.25) is 0 Å². The van der Waals surface area contributed by atoms with Crippen molar-refractivity contribution in [2.24, 2.45) is 0 Å². The number of aromatic nitrogens is 6. The third kappa shape index (κ3) is 4.38. The summed E-state index contributed by atoms with van der Waals surface area (Å²) in [6, 6.07) is 6.05. The minimum Gasteiger partial charge on any atom is -0.427 e. The van der Waals surface area contributed by atoms with E-state index in [0.29, 0.717) is 27.9 Å². The summed E-state index contributed by atoms with van der Waals surface area (Å²) in [5.74, 6) is -0.393. The monoisotopic (exact) mass is 469 g/mol. The van der Waals surface area contributed by atoms with Gasteiger partial charge in [0.15, 0.2) is 0 Å². The van der Waals surface area contributed by atoms with E-state index in [2.05, 4.69) is 20.3 Å². The first-order chi connectivity index (χ1) is 15.5. The molecule has 0 aliphatic rings. The summed E-state index contributed by atoms with van der Waals surface area (Å²) in [5, 5.41) is 19.6. The van der Waals surface area contributed by atoms with Gasteiger partial charge in [-0.2, -0.15) is 0 Å². The number of benzene rings is 1. The van der Waals surface area contributed by atoms with Crippen LogP contribution in [0.2, 0.25) is 5.15 Å². The van der Waals surface area contributed by atoms with Crippen molar-refractivity contribution in [3.63, 3.8) is 0 Å². The molecule has 171 valence electrons. The Morgan fingerprint density at radius 2 is 1.88 bits per heavy atom. The molecule has 8 nitrogen and oxygen atoms in total. The van der Waals surface area contributed by atoms with Gasteiger partial charge in [0, 0.05) is 6.20 Å². The fourth-order valence-corrected chi connectivity index (χ4v) is 3.42. The summed E-state index contributed by atoms with van der Waals surface area (Å²) in [6.07, 6.45) is 4.89. The largest absolute Gasteiger partial charge is 0.427 e. The molecule has 0 spiro atoms. The van der Waals surface area contributed by atoms with Crippen LogP contribution in [0.5, 0.6) is 0 Å². The van der Waals surface area contributed by atoms with Gasteiger partial charge in [0.1, 0.15) is 34.3 Å². The van der Waals surface area contributed by atoms with Gasteiger partial charge < -0.3 is 14.3 Å². The molecule has 33 heavy (non-hydrogen) atoms. The van der Waals surface area contributed by atoms with Crippen molar-refractivity contribution < 1.29 is 14.2 Å². The van der Waals surface area contributed by atoms with E-state index < -0.39 is 17.0 Å². The predicted octanol–water partition coefficient (Wildman–Crippen LogP) is 3.22. The molecule has 1 unspecified atom stereocenters. The van der Waals surface area contributed by atoms with E-state index in [1.54, 1.807) is 59.6 Å². The average molecular weight is 470 g/mol. The topological polar surface area (TPSA) is 90.9 Å². The first-order valence-electron chi connectivity index (χ1n) is 10.4. The Labute approximate surface area is 196 Å². The molecular weight excluding hydrogens is 446 g/mol. The first-order valence-corrected chi connectivity index (χ1v) is 10.8. The lowest BCUT2D eigenvalue weighted by molar-refractivity contribution is -0.0893. The van der Waals surface area contributed by atoms with Gasteiger partial charge in [-0.05, 0) is 52.2 Å². The van der Waals surface area contributed by atoms with Crippen LogP contribution in [0.3, 0.4) is 0 Å². The SMILES string of the molecule is CC(c1cn(-c2ccccc2F)nn1)n1cc([B]OC(C)(C)C(C)(C)O)c2c(Cl)ncnc21. The first kappa shape index (κ1) is 23.3. The molecule has 1 N–H and O–H groups in total. The second-order valence-electron chi connectivity index (χ2n) is 8.88. The Kier molecular flexibility index (Phi) is 6.02. The number of nitrogens with zero attached hydrogens (tertiary/aromatic N) is 6. The van der Waals surface area contributed by atoms with E-state index in [1.165, 1.54) is 17.1 Å². The normalized spacial score (nSPS) is 13.5. The highest BCUT2D eigenvalue weighted by Crippen LogP contribution is 2.27. The van der Waals surface area contributed by atoms with Crippen LogP contribution in [-0.4, -0.2) is 53.3 Å². The highest BCUT2D eigenvalue weighted by molar-refractivity contribution is 6.53. The van der Waals surface area contributed by atoms with Crippen molar-refractivity contribution in [2.75, 3.05) is 0 Å². The molecule has 0 saturated carbocycles. The maximum absolute atomic E-state index is 14.2. The number of rotatable bonds is 7. The molecule has 4 aromatic rings. The van der Waals surface area contributed by atoms with Crippen molar-refractivity contribution in [3.8, 4) is 5.69 Å². The van der Waals surface area contributed by atoms with Gasteiger partial charge in [-0.1, -0.05) is 28.9 Å². The summed E-state index contributed by atoms with van der Waals surface area (Å²) in [7, 11) is 1.55. The Balaban J connectivity index is 1.70. The van der Waals surface area contributed by atoms with Gasteiger partial charge in [-0.25, -0.2) is 19.0 Å². The molecule has 11 heteroatoms. The molecule has 1 radical (unpaired) electrons. The Morgan fingerprint density at radius 1 is 1.15 bits per heavy atom. The zero-order chi connectivity index (χ0) is 24.0. The number of hydrogen-bond donors (Lipinski definition) is 1. The van der Waals surface area contributed by atoms with Crippen LogP contribution in [0.4, 0.5) is 4.39 Å². The Morgan fingerprint density at radius 3 is 2.58 bits per heavy atom. The van der Waals surface area contributed by atoms with E-state index in [1.807, 2.05) is 17.7 Å². The lowest BCUT2D eigenvalue weighted by Crippen LogP contribution is -2.49. The van der Waals surface area contributed by atoms with Crippen molar-refractivity contribution >= 4 is 35.6 Å². The Hall–Kier alpha value is -2.82. The number of fused-ring (bicyclic) bond motifs is 1. The van der Waals surface area contributed by atoms with Crippen LogP contribution in [0.15, 0.2) is 43.0 Å². The second-order valence-corrected chi connectivity index (χ2v) is 9.23. The van der Waals surface area contributed by atoms with Crippen LogP contribution in [0.25, 0.3) is 16.7 Å². The van der Waals surface area contributed by atoms with E-state index in [-0.39, 0.29) is 11.2 Å². The van der Waals surface area contributed by atoms with Crippen molar-refractivity contribution in [3.05, 3.63) is 59.7 Å². The molecule has 0 bridgehead atoms. The minimum atomic E-state index is -1.08. The number of para-hydroxylation sites is 1. The van der Waals surface area contributed by atoms with E-state index in [9.17, 15) is 9.50 Å². The van der Waals surface area contributed by atoms with Gasteiger partial charge in [0.25, 0.3) is 0 Å². The highest BCUT2D eigenvalue weighted by Gasteiger charge is 2.36. The van der Waals surface area contributed by atoms with Crippen molar-refractivity contribution in [1.82, 2.24) is 29.5 Å². The van der Waals surface area contributed by atoms with Gasteiger partial charge in [0.05, 0.1) is 28.8 Å². The molecule has 1 atom stereocenters. The highest BCUT2D eigenvalue weighted by atomic mass is 35.5. The summed E-state index contributed by atoms with van der Waals surface area (Å²) in [4.78, 5) is 8.51. The smallest absolute Gasteiger partial charge is 0.333 e. The van der Waals surface area contributed by atoms with Crippen LogP contribution < -0.4 is 5.46 Å². The second kappa shape index (κ2) is 8.51. The molecular formula is C22H24BClFN6O2. The zero-order valence-corrected chi connectivity index (χ0v) is 19.7. The zero-order valence-electron chi connectivity index (χ0n) is 19.0. The summed E-state index contributed by atoms with van der Waals surface area (Å²) in [5.41, 5.74) is 0.204. The number of hydrogen-bond acceptors (Lipinski definition) is 6. The fourth-order valence-electron chi connectivity index (χ4n) is 3.18. The molecule has 0 amide bonds. The van der Waals surface area contributed by atoms with E-state index >= 15 is 0 Å². The molecule has 0 aliphatic carbocycles. The molecule has 0 fully saturated rings. The standard InChI is InChI=1S/C22H24BClFN6O2/c1-13(16-11-31(29-28-16)17-9-7-6-8-15(17)25)30-10-14(18-19(24)26-12-27-20(18)30)23-33-22(4,5)21(2,3)32/h6-13,32H,1-5H3. The molecule has 0 aliphatic heterocycles. The van der Waals surface area contributed by atoms with Gasteiger partial charge in [-0.3, -0.25) is 0 Å². The lowest BCUT2D eigenvalue weighted by atomic mass is 9.83. The quantitative estimate of drug-likeness (QED) is 0.330. The lowest BCUT2D eigenvalue weighted by Gasteiger charge is -2.37. The average Bonchev–Trinajstić information content (AvgIpc) is 3.37. The van der Waals surface area contributed by atoms with Crippen LogP contribution in [-0.2, 0) is 4.65 Å². The van der Waals surface area contributed by atoms with Crippen LogP contribution >= 0.6 is 11.6 Å². The maximum atomic E-state index is 14.2. The van der Waals surface area contributed by atoms with Crippen molar-refractivity contribution in [2.45, 2.75) is 51.9 Å². The summed E-state index contributed by atoms with van der Waals surface area (Å²) in [6.45, 7) is 8.88.